The molecule has 6 heteroatoms. The monoisotopic (exact) mass is 292 g/mol. The molecule has 102 valence electrons. The second-order valence-electron chi connectivity index (χ2n) is 3.58. The van der Waals surface area contributed by atoms with Crippen LogP contribution < -0.4 is 0 Å². The Morgan fingerprint density at radius 1 is 1.11 bits per heavy atom. The topological polar surface area (TPSA) is 52.6 Å². The summed E-state index contributed by atoms with van der Waals surface area (Å²) < 4.78 is 34.7. The zero-order chi connectivity index (χ0) is 13.6. The van der Waals surface area contributed by atoms with Gasteiger partial charge in [-0.1, -0.05) is 11.6 Å². The fourth-order valence-electron chi connectivity index (χ4n) is 1.43. The molecule has 4 nitrogen and oxygen atoms in total. The van der Waals surface area contributed by atoms with Gasteiger partial charge < -0.3 is 9.47 Å². The fraction of sp³-hybridized carbons (Fsp3) is 0.500. The zero-order valence-corrected chi connectivity index (χ0v) is 12.0. The van der Waals surface area contributed by atoms with Crippen LogP contribution in [0.4, 0.5) is 0 Å². The maximum Gasteiger partial charge on any atom is 0.183 e. The molecule has 0 spiro atoms. The third kappa shape index (κ3) is 4.57. The molecule has 0 fully saturated rings. The van der Waals surface area contributed by atoms with Gasteiger partial charge in [0.15, 0.2) is 16.1 Å². The van der Waals surface area contributed by atoms with Gasteiger partial charge in [-0.15, -0.1) is 0 Å². The molecular formula is C12H17ClO4S. The third-order valence-electron chi connectivity index (χ3n) is 2.23. The van der Waals surface area contributed by atoms with Gasteiger partial charge in [-0.25, -0.2) is 8.42 Å². The van der Waals surface area contributed by atoms with Gasteiger partial charge >= 0.3 is 0 Å². The Morgan fingerprint density at radius 2 is 1.61 bits per heavy atom. The Kier molecular flexibility index (Phi) is 6.08. The van der Waals surface area contributed by atoms with Crippen molar-refractivity contribution in [3.05, 3.63) is 29.3 Å². The quantitative estimate of drug-likeness (QED) is 0.725. The highest BCUT2D eigenvalue weighted by atomic mass is 35.5. The highest BCUT2D eigenvalue weighted by molar-refractivity contribution is 7.91. The standard InChI is InChI=1S/C12H17ClO4S/c1-3-16-12(17-4-2)9-18(14,15)11-7-5-10(13)6-8-11/h5-8,12H,3-4,9H2,1-2H3. The zero-order valence-electron chi connectivity index (χ0n) is 10.4. The smallest absolute Gasteiger partial charge is 0.183 e. The lowest BCUT2D eigenvalue weighted by atomic mass is 10.4. The molecule has 0 aliphatic carbocycles. The van der Waals surface area contributed by atoms with Gasteiger partial charge in [0.05, 0.1) is 4.90 Å². The summed E-state index contributed by atoms with van der Waals surface area (Å²) in [6, 6.07) is 6.05. The molecule has 0 bridgehead atoms. The van der Waals surface area contributed by atoms with E-state index in [0.717, 1.165) is 0 Å². The summed E-state index contributed by atoms with van der Waals surface area (Å²) in [6.45, 7) is 4.39. The van der Waals surface area contributed by atoms with Crippen LogP contribution in [-0.2, 0) is 19.3 Å². The fourth-order valence-corrected chi connectivity index (χ4v) is 2.85. The van der Waals surface area contributed by atoms with Gasteiger partial charge in [0, 0.05) is 18.2 Å². The molecule has 0 aliphatic heterocycles. The Bertz CT molecular complexity index is 449. The van der Waals surface area contributed by atoms with Crippen molar-refractivity contribution in [2.45, 2.75) is 25.0 Å². The molecule has 0 unspecified atom stereocenters. The van der Waals surface area contributed by atoms with Crippen molar-refractivity contribution >= 4 is 21.4 Å². The summed E-state index contributed by atoms with van der Waals surface area (Å²) in [7, 11) is -3.43. The first kappa shape index (κ1) is 15.4. The number of hydrogen-bond donors (Lipinski definition) is 0. The molecule has 0 amide bonds. The molecule has 1 aromatic rings. The van der Waals surface area contributed by atoms with Crippen LogP contribution in [0.2, 0.25) is 5.02 Å². The maximum atomic E-state index is 12.1. The van der Waals surface area contributed by atoms with Gasteiger partial charge in [0.2, 0.25) is 0 Å². The molecule has 0 saturated carbocycles. The van der Waals surface area contributed by atoms with Crippen LogP contribution >= 0.6 is 11.6 Å². The van der Waals surface area contributed by atoms with Gasteiger partial charge in [0.1, 0.15) is 5.75 Å². The van der Waals surface area contributed by atoms with Crippen LogP contribution in [0.3, 0.4) is 0 Å². The van der Waals surface area contributed by atoms with E-state index in [-0.39, 0.29) is 10.6 Å². The minimum Gasteiger partial charge on any atom is -0.352 e. The number of rotatable bonds is 7. The Balaban J connectivity index is 2.82. The van der Waals surface area contributed by atoms with Crippen LogP contribution in [0, 0.1) is 0 Å². The van der Waals surface area contributed by atoms with Gasteiger partial charge in [-0.05, 0) is 38.1 Å². The normalized spacial score (nSPS) is 12.0. The van der Waals surface area contributed by atoms with E-state index in [1.165, 1.54) is 12.1 Å². The largest absolute Gasteiger partial charge is 0.352 e. The van der Waals surface area contributed by atoms with Crippen molar-refractivity contribution < 1.29 is 17.9 Å². The SMILES string of the molecule is CCOC(CS(=O)(=O)c1ccc(Cl)cc1)OCC. The van der Waals surface area contributed by atoms with Crippen molar-refractivity contribution in [2.75, 3.05) is 19.0 Å². The van der Waals surface area contributed by atoms with E-state index in [1.54, 1.807) is 26.0 Å². The van der Waals surface area contributed by atoms with Gasteiger partial charge in [-0.2, -0.15) is 0 Å². The van der Waals surface area contributed by atoms with Crippen molar-refractivity contribution in [1.82, 2.24) is 0 Å². The lowest BCUT2D eigenvalue weighted by Crippen LogP contribution is -2.27. The average Bonchev–Trinajstić information content (AvgIpc) is 2.29. The summed E-state index contributed by atoms with van der Waals surface area (Å²) in [5.74, 6) is -0.198. The van der Waals surface area contributed by atoms with E-state index in [4.69, 9.17) is 21.1 Å². The van der Waals surface area contributed by atoms with Crippen LogP contribution in [0.25, 0.3) is 0 Å². The van der Waals surface area contributed by atoms with Gasteiger partial charge in [-0.3, -0.25) is 0 Å². The molecule has 1 aromatic carbocycles. The summed E-state index contributed by atoms with van der Waals surface area (Å²) in [4.78, 5) is 0.219. The Hall–Kier alpha value is -0.620. The molecule has 0 heterocycles. The van der Waals surface area contributed by atoms with E-state index < -0.39 is 16.1 Å². The van der Waals surface area contributed by atoms with Crippen molar-refractivity contribution in [3.8, 4) is 0 Å². The number of benzene rings is 1. The van der Waals surface area contributed by atoms with Crippen LogP contribution in [0.1, 0.15) is 13.8 Å². The molecule has 0 saturated heterocycles. The first-order chi connectivity index (χ1) is 8.49. The Morgan fingerprint density at radius 3 is 2.06 bits per heavy atom. The molecule has 0 aliphatic rings. The minimum absolute atomic E-state index is 0.198. The van der Waals surface area contributed by atoms with E-state index in [1.807, 2.05) is 0 Å². The van der Waals surface area contributed by atoms with E-state index in [2.05, 4.69) is 0 Å². The molecule has 0 atom stereocenters. The summed E-state index contributed by atoms with van der Waals surface area (Å²) in [5.41, 5.74) is 0. The third-order valence-corrected chi connectivity index (χ3v) is 4.19. The predicted molar refractivity (Wildman–Crippen MR) is 70.5 cm³/mol. The lowest BCUT2D eigenvalue weighted by Gasteiger charge is -2.16. The van der Waals surface area contributed by atoms with Gasteiger partial charge in [0.25, 0.3) is 0 Å². The Labute approximate surface area is 113 Å². The maximum absolute atomic E-state index is 12.1. The number of hydrogen-bond acceptors (Lipinski definition) is 4. The van der Waals surface area contributed by atoms with E-state index >= 15 is 0 Å². The molecule has 0 radical (unpaired) electrons. The lowest BCUT2D eigenvalue weighted by molar-refractivity contribution is -0.120. The average molecular weight is 293 g/mol. The number of ether oxygens (including phenoxy) is 2. The van der Waals surface area contributed by atoms with E-state index in [9.17, 15) is 8.42 Å². The highest BCUT2D eigenvalue weighted by Crippen LogP contribution is 2.17. The summed E-state index contributed by atoms with van der Waals surface area (Å²) >= 11 is 5.72. The van der Waals surface area contributed by atoms with E-state index in [0.29, 0.717) is 18.2 Å². The molecular weight excluding hydrogens is 276 g/mol. The molecule has 1 rings (SSSR count). The van der Waals surface area contributed by atoms with Crippen molar-refractivity contribution in [2.24, 2.45) is 0 Å². The second-order valence-corrected chi connectivity index (χ2v) is 6.05. The molecule has 0 N–H and O–H groups in total. The summed E-state index contributed by atoms with van der Waals surface area (Å²) in [5, 5.41) is 0.500. The van der Waals surface area contributed by atoms with Crippen LogP contribution in [0.15, 0.2) is 29.2 Å². The highest BCUT2D eigenvalue weighted by Gasteiger charge is 2.21. The van der Waals surface area contributed by atoms with Crippen molar-refractivity contribution in [1.29, 1.82) is 0 Å². The second kappa shape index (κ2) is 7.09. The van der Waals surface area contributed by atoms with Crippen LogP contribution in [0.5, 0.6) is 0 Å². The van der Waals surface area contributed by atoms with Crippen LogP contribution in [-0.4, -0.2) is 33.7 Å². The summed E-state index contributed by atoms with van der Waals surface area (Å²) in [6.07, 6.45) is -0.735. The number of sulfone groups is 1. The molecule has 0 aromatic heterocycles. The first-order valence-electron chi connectivity index (χ1n) is 5.71. The predicted octanol–water partition coefficient (Wildman–Crippen LogP) is 2.51. The van der Waals surface area contributed by atoms with Crippen molar-refractivity contribution in [3.63, 3.8) is 0 Å². The molecule has 18 heavy (non-hydrogen) atoms. The first-order valence-corrected chi connectivity index (χ1v) is 7.74. The minimum atomic E-state index is -3.43. The number of halogens is 1.